The molecule has 88 valence electrons. The number of aromatic nitrogens is 2. The third kappa shape index (κ3) is 2.35. The van der Waals surface area contributed by atoms with Crippen molar-refractivity contribution in [3.8, 4) is 0 Å². The van der Waals surface area contributed by atoms with E-state index in [0.29, 0.717) is 0 Å². The quantitative estimate of drug-likeness (QED) is 0.708. The number of nitrogens with zero attached hydrogens (tertiary/aromatic N) is 1. The summed E-state index contributed by atoms with van der Waals surface area (Å²) in [6.45, 7) is 5.61. The van der Waals surface area contributed by atoms with Crippen molar-refractivity contribution in [2.75, 3.05) is 5.32 Å². The van der Waals surface area contributed by atoms with Gasteiger partial charge in [-0.3, -0.25) is 5.10 Å². The molecular formula is C11H17N3O2. The first-order valence-electron chi connectivity index (χ1n) is 5.47. The van der Waals surface area contributed by atoms with E-state index in [1.54, 1.807) is 6.20 Å². The van der Waals surface area contributed by atoms with Gasteiger partial charge < -0.3 is 10.1 Å². The number of rotatable bonds is 1. The first-order chi connectivity index (χ1) is 7.46. The number of anilines is 1. The molecule has 2 heterocycles. The molecule has 0 saturated heterocycles. The van der Waals surface area contributed by atoms with Crippen LogP contribution in [0.15, 0.2) is 6.20 Å². The van der Waals surface area contributed by atoms with E-state index in [0.717, 1.165) is 24.2 Å². The zero-order valence-electron chi connectivity index (χ0n) is 9.83. The number of H-pyrrole nitrogens is 1. The smallest absolute Gasteiger partial charge is 0.329 e. The van der Waals surface area contributed by atoms with Crippen LogP contribution in [-0.4, -0.2) is 27.8 Å². The van der Waals surface area contributed by atoms with Gasteiger partial charge in [-0.2, -0.15) is 5.10 Å². The minimum Gasteiger partial charge on any atom is -0.458 e. The second-order valence-corrected chi connectivity index (χ2v) is 5.04. The third-order valence-electron chi connectivity index (χ3n) is 2.43. The first kappa shape index (κ1) is 11.0. The molecule has 5 heteroatoms. The lowest BCUT2D eigenvalue weighted by atomic mass is 10.0. The predicted molar refractivity (Wildman–Crippen MR) is 60.2 cm³/mol. The third-order valence-corrected chi connectivity index (χ3v) is 2.43. The number of esters is 1. The highest BCUT2D eigenvalue weighted by Crippen LogP contribution is 2.23. The summed E-state index contributed by atoms with van der Waals surface area (Å²) in [6, 6.07) is -0.271. The normalized spacial score (nSPS) is 19.8. The van der Waals surface area contributed by atoms with Crippen LogP contribution in [0.1, 0.15) is 32.8 Å². The van der Waals surface area contributed by atoms with Crippen LogP contribution in [0.25, 0.3) is 0 Å². The molecule has 0 aliphatic carbocycles. The van der Waals surface area contributed by atoms with Gasteiger partial charge in [0.15, 0.2) is 0 Å². The number of nitrogens with one attached hydrogen (secondary N) is 2. The highest BCUT2D eigenvalue weighted by Gasteiger charge is 2.28. The van der Waals surface area contributed by atoms with Gasteiger partial charge in [0, 0.05) is 5.56 Å². The van der Waals surface area contributed by atoms with Crippen molar-refractivity contribution in [1.82, 2.24) is 10.2 Å². The number of fused-ring (bicyclic) bond motifs is 1. The summed E-state index contributed by atoms with van der Waals surface area (Å²) in [5.41, 5.74) is 0.687. The Kier molecular flexibility index (Phi) is 2.61. The van der Waals surface area contributed by atoms with E-state index in [9.17, 15) is 4.79 Å². The molecule has 1 aromatic rings. The van der Waals surface area contributed by atoms with E-state index in [1.165, 1.54) is 0 Å². The van der Waals surface area contributed by atoms with Gasteiger partial charge in [-0.05, 0) is 33.6 Å². The molecule has 0 spiro atoms. The molecular weight excluding hydrogens is 206 g/mol. The maximum Gasteiger partial charge on any atom is 0.329 e. The van der Waals surface area contributed by atoms with Crippen molar-refractivity contribution in [2.24, 2.45) is 0 Å². The van der Waals surface area contributed by atoms with Gasteiger partial charge in [0.05, 0.1) is 6.20 Å². The molecule has 2 N–H and O–H groups in total. The molecule has 2 rings (SSSR count). The van der Waals surface area contributed by atoms with Crippen molar-refractivity contribution in [3.63, 3.8) is 0 Å². The van der Waals surface area contributed by atoms with E-state index in [4.69, 9.17) is 4.74 Å². The lowest BCUT2D eigenvalue weighted by Crippen LogP contribution is -2.38. The Morgan fingerprint density at radius 1 is 1.56 bits per heavy atom. The summed E-state index contributed by atoms with van der Waals surface area (Å²) in [6.07, 6.45) is 3.39. The fraction of sp³-hybridized carbons (Fsp3) is 0.636. The second kappa shape index (κ2) is 3.81. The van der Waals surface area contributed by atoms with Crippen molar-refractivity contribution in [3.05, 3.63) is 11.8 Å². The van der Waals surface area contributed by atoms with Gasteiger partial charge in [0.1, 0.15) is 17.5 Å². The lowest BCUT2D eigenvalue weighted by molar-refractivity contribution is -0.156. The molecule has 0 fully saturated rings. The maximum absolute atomic E-state index is 11.8. The largest absolute Gasteiger partial charge is 0.458 e. The maximum atomic E-state index is 11.8. The zero-order chi connectivity index (χ0) is 11.8. The average Bonchev–Trinajstić information content (AvgIpc) is 2.61. The fourth-order valence-electron chi connectivity index (χ4n) is 1.72. The van der Waals surface area contributed by atoms with Crippen LogP contribution < -0.4 is 5.32 Å². The van der Waals surface area contributed by atoms with Gasteiger partial charge in [0.25, 0.3) is 0 Å². The van der Waals surface area contributed by atoms with E-state index in [1.807, 2.05) is 20.8 Å². The van der Waals surface area contributed by atoms with Gasteiger partial charge in [-0.15, -0.1) is 0 Å². The molecule has 0 radical (unpaired) electrons. The summed E-state index contributed by atoms with van der Waals surface area (Å²) < 4.78 is 5.33. The molecule has 0 amide bonds. The van der Waals surface area contributed by atoms with Crippen molar-refractivity contribution in [2.45, 2.75) is 45.3 Å². The summed E-state index contributed by atoms with van der Waals surface area (Å²) in [5, 5.41) is 9.88. The average molecular weight is 223 g/mol. The number of carbonyl (C=O) groups excluding carboxylic acids is 1. The Labute approximate surface area is 94.6 Å². The van der Waals surface area contributed by atoms with Crippen LogP contribution in [0, 0.1) is 0 Å². The van der Waals surface area contributed by atoms with Crippen LogP contribution in [0.5, 0.6) is 0 Å². The Morgan fingerprint density at radius 2 is 2.31 bits per heavy atom. The van der Waals surface area contributed by atoms with Gasteiger partial charge >= 0.3 is 5.97 Å². The number of aryl methyl sites for hydroxylation is 1. The highest BCUT2D eigenvalue weighted by molar-refractivity contribution is 5.80. The molecule has 1 aliphatic rings. The molecule has 1 aliphatic heterocycles. The van der Waals surface area contributed by atoms with Crippen molar-refractivity contribution in [1.29, 1.82) is 0 Å². The van der Waals surface area contributed by atoms with Crippen LogP contribution >= 0.6 is 0 Å². The molecule has 1 atom stereocenters. The number of aromatic amines is 1. The number of hydrogen-bond acceptors (Lipinski definition) is 4. The highest BCUT2D eigenvalue weighted by atomic mass is 16.6. The Hall–Kier alpha value is -1.52. The first-order valence-corrected chi connectivity index (χ1v) is 5.47. The molecule has 0 bridgehead atoms. The summed E-state index contributed by atoms with van der Waals surface area (Å²) in [4.78, 5) is 11.8. The second-order valence-electron chi connectivity index (χ2n) is 5.04. The van der Waals surface area contributed by atoms with Crippen LogP contribution in [0.4, 0.5) is 5.82 Å². The Bertz CT molecular complexity index is 392. The number of carbonyl (C=O) groups is 1. The van der Waals surface area contributed by atoms with E-state index in [2.05, 4.69) is 15.5 Å². The zero-order valence-corrected chi connectivity index (χ0v) is 9.83. The lowest BCUT2D eigenvalue weighted by Gasteiger charge is -2.27. The van der Waals surface area contributed by atoms with E-state index >= 15 is 0 Å². The van der Waals surface area contributed by atoms with Crippen LogP contribution in [-0.2, 0) is 16.0 Å². The Balaban J connectivity index is 2.01. The predicted octanol–water partition coefficient (Wildman–Crippen LogP) is 1.48. The molecule has 0 aromatic carbocycles. The van der Waals surface area contributed by atoms with Crippen molar-refractivity contribution < 1.29 is 9.53 Å². The topological polar surface area (TPSA) is 67.0 Å². The Morgan fingerprint density at radius 3 is 3.00 bits per heavy atom. The number of ether oxygens (including phenoxy) is 1. The van der Waals surface area contributed by atoms with Crippen molar-refractivity contribution >= 4 is 11.8 Å². The standard InChI is InChI=1S/C11H17N3O2/c1-11(2,3)16-10(15)8-5-4-7-6-12-14-9(7)13-8/h6,8H,4-5H2,1-3H3,(H2,12,13,14). The van der Waals surface area contributed by atoms with E-state index < -0.39 is 5.60 Å². The van der Waals surface area contributed by atoms with Gasteiger partial charge in [-0.1, -0.05) is 0 Å². The number of hydrogen-bond donors (Lipinski definition) is 2. The molecule has 1 unspecified atom stereocenters. The molecule has 0 saturated carbocycles. The molecule has 16 heavy (non-hydrogen) atoms. The van der Waals surface area contributed by atoms with E-state index in [-0.39, 0.29) is 12.0 Å². The fourth-order valence-corrected chi connectivity index (χ4v) is 1.72. The monoisotopic (exact) mass is 223 g/mol. The minimum atomic E-state index is -0.437. The van der Waals surface area contributed by atoms with Crippen LogP contribution in [0.2, 0.25) is 0 Å². The SMILES string of the molecule is CC(C)(C)OC(=O)C1CCc2cn[nH]c2N1. The van der Waals surface area contributed by atoms with Gasteiger partial charge in [0.2, 0.25) is 0 Å². The molecule has 1 aromatic heterocycles. The summed E-state index contributed by atoms with van der Waals surface area (Å²) in [5.74, 6) is 0.634. The van der Waals surface area contributed by atoms with Gasteiger partial charge in [-0.25, -0.2) is 4.79 Å². The summed E-state index contributed by atoms with van der Waals surface area (Å²) >= 11 is 0. The van der Waals surface area contributed by atoms with Crippen LogP contribution in [0.3, 0.4) is 0 Å². The summed E-state index contributed by atoms with van der Waals surface area (Å²) in [7, 11) is 0. The molecule has 5 nitrogen and oxygen atoms in total. The minimum absolute atomic E-state index is 0.201.